The second-order valence-electron chi connectivity index (χ2n) is 4.43. The van der Waals surface area contributed by atoms with Gasteiger partial charge < -0.3 is 15.2 Å². The summed E-state index contributed by atoms with van der Waals surface area (Å²) in [5.41, 5.74) is 5.95. The van der Waals surface area contributed by atoms with Crippen LogP contribution < -0.4 is 15.2 Å². The van der Waals surface area contributed by atoms with Gasteiger partial charge in [-0.25, -0.2) is 4.39 Å². The van der Waals surface area contributed by atoms with Gasteiger partial charge in [0.1, 0.15) is 5.75 Å². The molecule has 0 amide bonds. The Morgan fingerprint density at radius 1 is 1.20 bits per heavy atom. The molecule has 2 aromatic rings. The van der Waals surface area contributed by atoms with E-state index in [1.807, 2.05) is 13.8 Å². The summed E-state index contributed by atoms with van der Waals surface area (Å²) >= 11 is 3.29. The van der Waals surface area contributed by atoms with Gasteiger partial charge in [-0.2, -0.15) is 0 Å². The average molecular weight is 341 g/mol. The zero-order valence-electron chi connectivity index (χ0n) is 11.1. The highest BCUT2D eigenvalue weighted by Crippen LogP contribution is 2.34. The molecule has 6 heteroatoms. The minimum Gasteiger partial charge on any atom is -0.488 e. The van der Waals surface area contributed by atoms with E-state index in [2.05, 4.69) is 20.9 Å². The van der Waals surface area contributed by atoms with Crippen LogP contribution in [0.3, 0.4) is 0 Å². The van der Waals surface area contributed by atoms with Crippen LogP contribution in [0.4, 0.5) is 10.1 Å². The molecule has 0 aliphatic heterocycles. The summed E-state index contributed by atoms with van der Waals surface area (Å²) < 4.78 is 25.5. The molecule has 0 fully saturated rings. The second kappa shape index (κ2) is 6.09. The summed E-state index contributed by atoms with van der Waals surface area (Å²) in [6.07, 6.45) is 3.03. The third-order valence-corrected chi connectivity index (χ3v) is 2.77. The molecule has 20 heavy (non-hydrogen) atoms. The van der Waals surface area contributed by atoms with Gasteiger partial charge in [0.25, 0.3) is 0 Å². The Morgan fingerprint density at radius 2 is 1.95 bits per heavy atom. The van der Waals surface area contributed by atoms with E-state index in [9.17, 15) is 4.39 Å². The Morgan fingerprint density at radius 3 is 2.60 bits per heavy atom. The lowest BCUT2D eigenvalue weighted by molar-refractivity contribution is 0.230. The number of nitrogens with zero attached hydrogens (tertiary/aromatic N) is 1. The smallest absolute Gasteiger partial charge is 0.167 e. The summed E-state index contributed by atoms with van der Waals surface area (Å²) in [5, 5.41) is 0. The average Bonchev–Trinajstić information content (AvgIpc) is 2.34. The number of ether oxygens (including phenoxy) is 2. The SMILES string of the molecule is CC(C)Oc1cc(Oc2cncc(Br)c2)c(N)cc1F. The predicted molar refractivity (Wildman–Crippen MR) is 78.6 cm³/mol. The van der Waals surface area contributed by atoms with Crippen LogP contribution in [0.15, 0.2) is 35.1 Å². The van der Waals surface area contributed by atoms with Crippen molar-refractivity contribution in [1.29, 1.82) is 0 Å². The molecule has 0 unspecified atom stereocenters. The molecule has 2 rings (SSSR count). The van der Waals surface area contributed by atoms with Crippen LogP contribution >= 0.6 is 15.9 Å². The molecule has 0 radical (unpaired) electrons. The van der Waals surface area contributed by atoms with Gasteiger partial charge in [0.05, 0.1) is 18.0 Å². The summed E-state index contributed by atoms with van der Waals surface area (Å²) in [6, 6.07) is 4.35. The van der Waals surface area contributed by atoms with E-state index in [4.69, 9.17) is 15.2 Å². The molecule has 0 aliphatic rings. The summed E-state index contributed by atoms with van der Waals surface area (Å²) in [5.74, 6) is 0.401. The van der Waals surface area contributed by atoms with Gasteiger partial charge >= 0.3 is 0 Å². The molecule has 2 N–H and O–H groups in total. The predicted octanol–water partition coefficient (Wildman–Crippen LogP) is 4.14. The first-order valence-corrected chi connectivity index (χ1v) is 6.79. The fraction of sp³-hybridized carbons (Fsp3) is 0.214. The standard InChI is InChI=1S/C14H14BrFN2O2/c1-8(2)19-13-5-14(12(17)4-11(13)16)20-10-3-9(15)6-18-7-10/h3-8H,17H2,1-2H3. The van der Waals surface area contributed by atoms with E-state index in [1.165, 1.54) is 18.3 Å². The van der Waals surface area contributed by atoms with Crippen molar-refractivity contribution >= 4 is 21.6 Å². The van der Waals surface area contributed by atoms with Gasteiger partial charge in [0.2, 0.25) is 0 Å². The number of hydrogen-bond donors (Lipinski definition) is 1. The van der Waals surface area contributed by atoms with Crippen LogP contribution in [0.5, 0.6) is 17.2 Å². The molecule has 0 atom stereocenters. The summed E-state index contributed by atoms with van der Waals surface area (Å²) in [4.78, 5) is 3.98. The molecule has 1 heterocycles. The molecule has 0 bridgehead atoms. The van der Waals surface area contributed by atoms with Crippen LogP contribution in [0.25, 0.3) is 0 Å². The van der Waals surface area contributed by atoms with Crippen molar-refractivity contribution in [3.8, 4) is 17.2 Å². The Labute approximate surface area is 124 Å². The van der Waals surface area contributed by atoms with Crippen molar-refractivity contribution in [2.24, 2.45) is 0 Å². The minimum absolute atomic E-state index is 0.104. The van der Waals surface area contributed by atoms with Crippen LogP contribution in [-0.2, 0) is 0 Å². The maximum Gasteiger partial charge on any atom is 0.167 e. The highest BCUT2D eigenvalue weighted by Gasteiger charge is 2.12. The molecule has 106 valence electrons. The third-order valence-electron chi connectivity index (χ3n) is 2.33. The highest BCUT2D eigenvalue weighted by molar-refractivity contribution is 9.10. The van der Waals surface area contributed by atoms with Crippen molar-refractivity contribution in [3.05, 3.63) is 40.9 Å². The van der Waals surface area contributed by atoms with Gasteiger partial charge in [0.15, 0.2) is 17.3 Å². The second-order valence-corrected chi connectivity index (χ2v) is 5.34. The van der Waals surface area contributed by atoms with E-state index in [-0.39, 0.29) is 17.5 Å². The lowest BCUT2D eigenvalue weighted by Crippen LogP contribution is -2.07. The zero-order valence-corrected chi connectivity index (χ0v) is 12.6. The fourth-order valence-corrected chi connectivity index (χ4v) is 1.90. The largest absolute Gasteiger partial charge is 0.488 e. The quantitative estimate of drug-likeness (QED) is 0.849. The van der Waals surface area contributed by atoms with Gasteiger partial charge in [0, 0.05) is 22.8 Å². The molecular formula is C14H14BrFN2O2. The Bertz CT molecular complexity index is 620. The number of pyridine rings is 1. The monoisotopic (exact) mass is 340 g/mol. The number of anilines is 1. The topological polar surface area (TPSA) is 57.4 Å². The highest BCUT2D eigenvalue weighted by atomic mass is 79.9. The van der Waals surface area contributed by atoms with E-state index in [0.717, 1.165) is 4.47 Å². The van der Waals surface area contributed by atoms with Crippen LogP contribution in [-0.4, -0.2) is 11.1 Å². The molecular weight excluding hydrogens is 327 g/mol. The van der Waals surface area contributed by atoms with Crippen LogP contribution in [0.1, 0.15) is 13.8 Å². The Balaban J connectivity index is 2.31. The molecule has 4 nitrogen and oxygen atoms in total. The molecule has 0 saturated heterocycles. The van der Waals surface area contributed by atoms with E-state index in [1.54, 1.807) is 12.3 Å². The van der Waals surface area contributed by atoms with E-state index >= 15 is 0 Å². The van der Waals surface area contributed by atoms with Crippen LogP contribution in [0.2, 0.25) is 0 Å². The van der Waals surface area contributed by atoms with Gasteiger partial charge in [-0.1, -0.05) is 0 Å². The maximum absolute atomic E-state index is 13.7. The number of hydrogen-bond acceptors (Lipinski definition) is 4. The van der Waals surface area contributed by atoms with Crippen molar-refractivity contribution in [1.82, 2.24) is 4.98 Å². The lowest BCUT2D eigenvalue weighted by atomic mass is 10.2. The first-order chi connectivity index (χ1) is 9.45. The summed E-state index contributed by atoms with van der Waals surface area (Å²) in [6.45, 7) is 3.63. The third kappa shape index (κ3) is 3.60. The number of halogens is 2. The molecule has 1 aromatic carbocycles. The van der Waals surface area contributed by atoms with Gasteiger partial charge in [-0.3, -0.25) is 4.98 Å². The normalized spacial score (nSPS) is 10.7. The molecule has 0 aliphatic carbocycles. The number of rotatable bonds is 4. The van der Waals surface area contributed by atoms with E-state index < -0.39 is 5.82 Å². The van der Waals surface area contributed by atoms with Crippen molar-refractivity contribution in [2.45, 2.75) is 20.0 Å². The molecule has 0 saturated carbocycles. The van der Waals surface area contributed by atoms with Gasteiger partial charge in [-0.15, -0.1) is 0 Å². The number of nitrogens with two attached hydrogens (primary N) is 1. The Hall–Kier alpha value is -1.82. The molecule has 0 spiro atoms. The maximum atomic E-state index is 13.7. The Kier molecular flexibility index (Phi) is 4.44. The number of nitrogen functional groups attached to an aromatic ring is 1. The number of aromatic nitrogens is 1. The number of benzene rings is 1. The van der Waals surface area contributed by atoms with Crippen LogP contribution in [0, 0.1) is 5.82 Å². The summed E-state index contributed by atoms with van der Waals surface area (Å²) in [7, 11) is 0. The zero-order chi connectivity index (χ0) is 14.7. The van der Waals surface area contributed by atoms with Crippen molar-refractivity contribution in [2.75, 3.05) is 5.73 Å². The first kappa shape index (κ1) is 14.6. The fourth-order valence-electron chi connectivity index (χ4n) is 1.56. The van der Waals surface area contributed by atoms with Crippen molar-refractivity contribution in [3.63, 3.8) is 0 Å². The van der Waals surface area contributed by atoms with Crippen molar-refractivity contribution < 1.29 is 13.9 Å². The lowest BCUT2D eigenvalue weighted by Gasteiger charge is -2.14. The first-order valence-electron chi connectivity index (χ1n) is 6.00. The van der Waals surface area contributed by atoms with E-state index in [0.29, 0.717) is 11.5 Å². The minimum atomic E-state index is -0.518. The molecule has 1 aromatic heterocycles. The van der Waals surface area contributed by atoms with Gasteiger partial charge in [-0.05, 0) is 35.8 Å².